The zero-order valence-electron chi connectivity index (χ0n) is 20.3. The molecule has 4 aromatic rings. The highest BCUT2D eigenvalue weighted by Crippen LogP contribution is 2.35. The molecule has 12 nitrogen and oxygen atoms in total. The lowest BCUT2D eigenvalue weighted by Crippen LogP contribution is -2.19. The molecule has 2 aromatic heterocycles. The Morgan fingerprint density at radius 1 is 1.11 bits per heavy atom. The van der Waals surface area contributed by atoms with Gasteiger partial charge in [0, 0.05) is 29.1 Å². The third-order valence-corrected chi connectivity index (χ3v) is 7.92. The van der Waals surface area contributed by atoms with E-state index >= 15 is 0 Å². The lowest BCUT2D eigenvalue weighted by molar-refractivity contribution is 0.373. The van der Waals surface area contributed by atoms with E-state index in [1.807, 2.05) is 19.1 Å². The second-order valence-electron chi connectivity index (χ2n) is 8.08. The molecule has 0 aliphatic rings. The molecule has 0 bridgehead atoms. The number of fused-ring (bicyclic) bond motifs is 1. The minimum atomic E-state index is -4.10. The SMILES string of the molecule is C=CS(=O)(=O)NCc1cnn(Cc2cc(C)c3c(NS(=O)(=O)c4c(OC)cccc4OC)n[nH]c3c2)c1. The van der Waals surface area contributed by atoms with Gasteiger partial charge in [0.2, 0.25) is 10.0 Å². The van der Waals surface area contributed by atoms with Crippen molar-refractivity contribution in [3.63, 3.8) is 0 Å². The van der Waals surface area contributed by atoms with Gasteiger partial charge in [-0.2, -0.15) is 10.2 Å². The first-order valence-corrected chi connectivity index (χ1v) is 13.9. The van der Waals surface area contributed by atoms with Crippen molar-refractivity contribution in [2.45, 2.75) is 24.9 Å². The van der Waals surface area contributed by atoms with E-state index in [1.165, 1.54) is 26.4 Å². The molecule has 37 heavy (non-hydrogen) atoms. The predicted molar refractivity (Wildman–Crippen MR) is 138 cm³/mol. The molecule has 0 radical (unpaired) electrons. The van der Waals surface area contributed by atoms with Crippen LogP contribution in [0.25, 0.3) is 10.9 Å². The van der Waals surface area contributed by atoms with Crippen molar-refractivity contribution in [3.8, 4) is 11.5 Å². The lowest BCUT2D eigenvalue weighted by atomic mass is 10.1. The van der Waals surface area contributed by atoms with Crippen LogP contribution in [-0.4, -0.2) is 51.0 Å². The fraction of sp³-hybridized carbons (Fsp3) is 0.217. The van der Waals surface area contributed by atoms with E-state index in [-0.39, 0.29) is 28.8 Å². The molecule has 0 saturated heterocycles. The highest BCUT2D eigenvalue weighted by Gasteiger charge is 2.26. The van der Waals surface area contributed by atoms with Crippen LogP contribution < -0.4 is 18.9 Å². The first kappa shape index (κ1) is 26.2. The summed E-state index contributed by atoms with van der Waals surface area (Å²) in [6.45, 7) is 5.61. The third kappa shape index (κ3) is 5.60. The summed E-state index contributed by atoms with van der Waals surface area (Å²) in [4.78, 5) is -0.129. The number of hydrogen-bond donors (Lipinski definition) is 3. The van der Waals surface area contributed by atoms with E-state index in [0.29, 0.717) is 23.0 Å². The van der Waals surface area contributed by atoms with E-state index in [1.54, 1.807) is 23.1 Å². The van der Waals surface area contributed by atoms with Crippen LogP contribution in [-0.2, 0) is 33.1 Å². The lowest BCUT2D eigenvalue weighted by Gasteiger charge is -2.14. The second kappa shape index (κ2) is 10.2. The average Bonchev–Trinajstić information content (AvgIpc) is 3.48. The van der Waals surface area contributed by atoms with Gasteiger partial charge >= 0.3 is 0 Å². The summed E-state index contributed by atoms with van der Waals surface area (Å²) in [5.41, 5.74) is 2.99. The Bertz CT molecular complexity index is 1650. The molecular weight excluding hydrogens is 520 g/mol. The number of methoxy groups -OCH3 is 2. The van der Waals surface area contributed by atoms with Gasteiger partial charge in [-0.15, -0.1) is 0 Å². The number of sulfonamides is 2. The number of aromatic amines is 1. The van der Waals surface area contributed by atoms with Gasteiger partial charge in [0.15, 0.2) is 10.7 Å². The molecule has 0 aliphatic carbocycles. The molecule has 2 heterocycles. The fourth-order valence-corrected chi connectivity index (χ4v) is 5.70. The first-order valence-electron chi connectivity index (χ1n) is 10.9. The Morgan fingerprint density at radius 2 is 1.81 bits per heavy atom. The second-order valence-corrected chi connectivity index (χ2v) is 11.4. The maximum absolute atomic E-state index is 13.3. The molecule has 0 fully saturated rings. The summed E-state index contributed by atoms with van der Waals surface area (Å²) in [5.74, 6) is 0.422. The summed E-state index contributed by atoms with van der Waals surface area (Å²) in [6, 6.07) is 8.45. The van der Waals surface area contributed by atoms with Crippen LogP contribution in [0.5, 0.6) is 11.5 Å². The summed E-state index contributed by atoms with van der Waals surface area (Å²) in [5, 5.41) is 12.8. The molecule has 4 rings (SSSR count). The number of nitrogens with zero attached hydrogens (tertiary/aromatic N) is 3. The van der Waals surface area contributed by atoms with Crippen molar-refractivity contribution in [2.24, 2.45) is 0 Å². The Morgan fingerprint density at radius 3 is 2.46 bits per heavy atom. The van der Waals surface area contributed by atoms with Crippen LogP contribution in [0, 0.1) is 6.92 Å². The highest BCUT2D eigenvalue weighted by molar-refractivity contribution is 7.93. The maximum atomic E-state index is 13.3. The molecule has 2 aromatic carbocycles. The molecule has 0 amide bonds. The number of H-pyrrole nitrogens is 1. The van der Waals surface area contributed by atoms with E-state index in [2.05, 4.69) is 31.3 Å². The fourth-order valence-electron chi connectivity index (χ4n) is 3.88. The summed E-state index contributed by atoms with van der Waals surface area (Å²) in [7, 11) is -4.87. The monoisotopic (exact) mass is 546 g/mol. The predicted octanol–water partition coefficient (Wildman–Crippen LogP) is 2.50. The van der Waals surface area contributed by atoms with Crippen molar-refractivity contribution < 1.29 is 26.3 Å². The minimum Gasteiger partial charge on any atom is -0.495 e. The van der Waals surface area contributed by atoms with Crippen molar-refractivity contribution in [2.75, 3.05) is 18.9 Å². The van der Waals surface area contributed by atoms with Crippen LogP contribution in [0.3, 0.4) is 0 Å². The van der Waals surface area contributed by atoms with Gasteiger partial charge in [-0.1, -0.05) is 18.7 Å². The minimum absolute atomic E-state index is 0.0907. The molecule has 0 spiro atoms. The Hall–Kier alpha value is -3.88. The molecule has 0 unspecified atom stereocenters. The molecule has 14 heteroatoms. The largest absolute Gasteiger partial charge is 0.495 e. The number of hydrogen-bond acceptors (Lipinski definition) is 8. The number of ether oxygens (including phenoxy) is 2. The van der Waals surface area contributed by atoms with Gasteiger partial charge in [0.05, 0.1) is 32.5 Å². The Balaban J connectivity index is 1.58. The number of nitrogens with one attached hydrogen (secondary N) is 3. The van der Waals surface area contributed by atoms with Gasteiger partial charge in [-0.25, -0.2) is 21.6 Å². The Kier molecular flexibility index (Phi) is 7.25. The van der Waals surface area contributed by atoms with Gasteiger partial charge in [-0.05, 0) is 36.2 Å². The van der Waals surface area contributed by atoms with Crippen LogP contribution in [0.15, 0.2) is 59.6 Å². The molecule has 0 aliphatic heterocycles. The topological polar surface area (TPSA) is 157 Å². The normalized spacial score (nSPS) is 12.0. The van der Waals surface area contributed by atoms with Crippen molar-refractivity contribution >= 4 is 36.8 Å². The van der Waals surface area contributed by atoms with Crippen LogP contribution in [0.2, 0.25) is 0 Å². The summed E-state index contributed by atoms with van der Waals surface area (Å²) < 4.78 is 66.7. The molecule has 0 atom stereocenters. The summed E-state index contributed by atoms with van der Waals surface area (Å²) >= 11 is 0. The zero-order valence-corrected chi connectivity index (χ0v) is 22.0. The molecule has 3 N–H and O–H groups in total. The number of aromatic nitrogens is 4. The number of benzene rings is 2. The van der Waals surface area contributed by atoms with Crippen LogP contribution in [0.4, 0.5) is 5.82 Å². The number of aryl methyl sites for hydroxylation is 1. The van der Waals surface area contributed by atoms with Gasteiger partial charge < -0.3 is 9.47 Å². The molecule has 196 valence electrons. The smallest absolute Gasteiger partial charge is 0.270 e. The highest BCUT2D eigenvalue weighted by atomic mass is 32.2. The van der Waals surface area contributed by atoms with Gasteiger partial charge in [0.25, 0.3) is 10.0 Å². The number of rotatable bonds is 11. The van der Waals surface area contributed by atoms with Crippen LogP contribution in [0.1, 0.15) is 16.7 Å². The quantitative estimate of drug-likeness (QED) is 0.259. The number of anilines is 1. The standard InChI is InChI=1S/C23H26N6O6S2/c1-5-36(30,31)25-12-17-11-24-29(14-17)13-16-9-15(2)21-18(10-16)26-27-23(21)28-37(32,33)22-19(34-3)7-6-8-20(22)35-4/h5-11,14,25H,1,12-13H2,2-4H3,(H2,26,27,28). The third-order valence-electron chi connectivity index (χ3n) is 5.53. The van der Waals surface area contributed by atoms with Crippen LogP contribution >= 0.6 is 0 Å². The van der Waals surface area contributed by atoms with E-state index in [4.69, 9.17) is 9.47 Å². The van der Waals surface area contributed by atoms with Gasteiger partial charge in [0.1, 0.15) is 11.5 Å². The van der Waals surface area contributed by atoms with Crippen molar-refractivity contribution in [1.82, 2.24) is 24.7 Å². The summed E-state index contributed by atoms with van der Waals surface area (Å²) in [6.07, 6.45) is 3.31. The average molecular weight is 547 g/mol. The maximum Gasteiger partial charge on any atom is 0.270 e. The van der Waals surface area contributed by atoms with Gasteiger partial charge in [-0.3, -0.25) is 14.5 Å². The Labute approximate surface area is 214 Å². The molecular formula is C23H26N6O6S2. The van der Waals surface area contributed by atoms with E-state index < -0.39 is 20.0 Å². The van der Waals surface area contributed by atoms with Crippen molar-refractivity contribution in [1.29, 1.82) is 0 Å². The first-order chi connectivity index (χ1) is 17.6. The zero-order chi connectivity index (χ0) is 26.8. The molecule has 0 saturated carbocycles. The van der Waals surface area contributed by atoms with E-state index in [0.717, 1.165) is 16.5 Å². The van der Waals surface area contributed by atoms with Crippen molar-refractivity contribution in [3.05, 3.63) is 71.4 Å². The van der Waals surface area contributed by atoms with E-state index in [9.17, 15) is 16.8 Å².